The summed E-state index contributed by atoms with van der Waals surface area (Å²) < 4.78 is 31.7. The summed E-state index contributed by atoms with van der Waals surface area (Å²) in [6, 6.07) is 10.3. The van der Waals surface area contributed by atoms with Crippen LogP contribution in [0.5, 0.6) is 0 Å². The van der Waals surface area contributed by atoms with Crippen molar-refractivity contribution in [3.8, 4) is 0 Å². The van der Waals surface area contributed by atoms with Crippen molar-refractivity contribution in [2.24, 2.45) is 5.73 Å². The summed E-state index contributed by atoms with van der Waals surface area (Å²) in [6.07, 6.45) is -1.61. The van der Waals surface area contributed by atoms with Gasteiger partial charge >= 0.3 is 12.1 Å². The Morgan fingerprint density at radius 2 is 1.60 bits per heavy atom. The number of alkyl halides is 3. The van der Waals surface area contributed by atoms with Crippen LogP contribution in [0.4, 0.5) is 13.2 Å². The van der Waals surface area contributed by atoms with Gasteiger partial charge in [0.25, 0.3) is 0 Å². The predicted octanol–water partition coefficient (Wildman–Crippen LogP) is 2.52. The first-order valence-electron chi connectivity index (χ1n) is 5.86. The van der Waals surface area contributed by atoms with E-state index in [1.807, 2.05) is 18.2 Å². The number of carboxylic acids is 1. The van der Waals surface area contributed by atoms with E-state index in [2.05, 4.69) is 12.1 Å². The van der Waals surface area contributed by atoms with E-state index < -0.39 is 12.1 Å². The molecule has 7 heteroatoms. The second-order valence-electron chi connectivity index (χ2n) is 3.96. The lowest BCUT2D eigenvalue weighted by Gasteiger charge is -1.99. The molecule has 0 aliphatic carbocycles. The zero-order valence-electron chi connectivity index (χ0n) is 10.7. The molecule has 0 saturated heterocycles. The zero-order chi connectivity index (χ0) is 15.6. The lowest BCUT2D eigenvalue weighted by Crippen LogP contribution is -2.21. The molecule has 0 saturated carbocycles. The van der Waals surface area contributed by atoms with E-state index in [1.165, 1.54) is 5.56 Å². The number of halogens is 3. The summed E-state index contributed by atoms with van der Waals surface area (Å²) in [7, 11) is 0. The van der Waals surface area contributed by atoms with Gasteiger partial charge in [-0.2, -0.15) is 13.2 Å². The number of aryl methyl sites for hydroxylation is 1. The van der Waals surface area contributed by atoms with E-state index >= 15 is 0 Å². The SMILES string of the molecule is NC(=O)CCCCc1ccccc1.O=C(O)C(F)(F)F. The number of rotatable bonds is 5. The van der Waals surface area contributed by atoms with Crippen molar-refractivity contribution in [1.82, 2.24) is 0 Å². The maximum Gasteiger partial charge on any atom is 0.490 e. The third-order valence-corrected chi connectivity index (χ3v) is 2.22. The number of aliphatic carboxylic acids is 1. The van der Waals surface area contributed by atoms with Gasteiger partial charge in [0, 0.05) is 6.42 Å². The van der Waals surface area contributed by atoms with Crippen molar-refractivity contribution < 1.29 is 27.9 Å². The number of nitrogens with two attached hydrogens (primary N) is 1. The standard InChI is InChI=1S/C11H15NO.C2HF3O2/c12-11(13)9-5-4-8-10-6-2-1-3-7-10;3-2(4,5)1(6)7/h1-3,6-7H,4-5,8-9H2,(H2,12,13);(H,6,7). The smallest absolute Gasteiger partial charge is 0.475 e. The van der Waals surface area contributed by atoms with Gasteiger partial charge in [-0.1, -0.05) is 30.3 Å². The van der Waals surface area contributed by atoms with Crippen molar-refractivity contribution in [2.75, 3.05) is 0 Å². The van der Waals surface area contributed by atoms with Crippen molar-refractivity contribution in [3.05, 3.63) is 35.9 Å². The Bertz CT molecular complexity index is 419. The lowest BCUT2D eigenvalue weighted by molar-refractivity contribution is -0.192. The van der Waals surface area contributed by atoms with E-state index in [-0.39, 0.29) is 5.91 Å². The van der Waals surface area contributed by atoms with Crippen LogP contribution in [0.2, 0.25) is 0 Å². The number of hydrogen-bond donors (Lipinski definition) is 2. The maximum atomic E-state index is 10.6. The minimum absolute atomic E-state index is 0.201. The molecular weight excluding hydrogens is 275 g/mol. The number of unbranched alkanes of at least 4 members (excludes halogenated alkanes) is 1. The van der Waals surface area contributed by atoms with Gasteiger partial charge in [0.2, 0.25) is 5.91 Å². The summed E-state index contributed by atoms with van der Waals surface area (Å²) in [5.41, 5.74) is 6.36. The Morgan fingerprint density at radius 3 is 2.00 bits per heavy atom. The summed E-state index contributed by atoms with van der Waals surface area (Å²) >= 11 is 0. The molecule has 112 valence electrons. The average molecular weight is 291 g/mol. The normalized spacial score (nSPS) is 10.3. The largest absolute Gasteiger partial charge is 0.490 e. The highest BCUT2D eigenvalue weighted by atomic mass is 19.4. The van der Waals surface area contributed by atoms with Gasteiger partial charge in [-0.05, 0) is 24.8 Å². The number of carbonyl (C=O) groups is 2. The molecule has 0 aliphatic rings. The number of amides is 1. The van der Waals surface area contributed by atoms with Gasteiger partial charge in [0.1, 0.15) is 0 Å². The van der Waals surface area contributed by atoms with Crippen LogP contribution in [0, 0.1) is 0 Å². The molecule has 1 rings (SSSR count). The molecule has 0 fully saturated rings. The molecule has 1 amide bonds. The van der Waals surface area contributed by atoms with Crippen molar-refractivity contribution in [3.63, 3.8) is 0 Å². The molecule has 0 heterocycles. The monoisotopic (exact) mass is 291 g/mol. The molecular formula is C13H16F3NO3. The summed E-state index contributed by atoms with van der Waals surface area (Å²) in [5, 5.41) is 7.12. The molecule has 0 aliphatic heterocycles. The second-order valence-corrected chi connectivity index (χ2v) is 3.96. The topological polar surface area (TPSA) is 80.4 Å². The Kier molecular flexibility index (Phi) is 8.03. The predicted molar refractivity (Wildman–Crippen MR) is 66.9 cm³/mol. The molecule has 1 aromatic rings. The quantitative estimate of drug-likeness (QED) is 0.818. The number of carbonyl (C=O) groups excluding carboxylic acids is 1. The highest BCUT2D eigenvalue weighted by Crippen LogP contribution is 2.13. The fourth-order valence-corrected chi connectivity index (χ4v) is 1.27. The minimum atomic E-state index is -5.08. The molecule has 1 aromatic carbocycles. The minimum Gasteiger partial charge on any atom is -0.475 e. The molecule has 0 bridgehead atoms. The summed E-state index contributed by atoms with van der Waals surface area (Å²) in [4.78, 5) is 19.3. The van der Waals surface area contributed by atoms with Crippen LogP contribution in [0.25, 0.3) is 0 Å². The van der Waals surface area contributed by atoms with Crippen molar-refractivity contribution in [2.45, 2.75) is 31.9 Å². The van der Waals surface area contributed by atoms with E-state index in [4.69, 9.17) is 15.6 Å². The first kappa shape index (κ1) is 17.9. The fraction of sp³-hybridized carbons (Fsp3) is 0.385. The van der Waals surface area contributed by atoms with E-state index in [0.717, 1.165) is 19.3 Å². The first-order chi connectivity index (χ1) is 9.23. The van der Waals surface area contributed by atoms with E-state index in [0.29, 0.717) is 6.42 Å². The van der Waals surface area contributed by atoms with Crippen LogP contribution in [0.15, 0.2) is 30.3 Å². The number of benzene rings is 1. The maximum absolute atomic E-state index is 10.6. The Hall–Kier alpha value is -2.05. The van der Waals surface area contributed by atoms with Crippen molar-refractivity contribution >= 4 is 11.9 Å². The summed E-state index contributed by atoms with van der Waals surface area (Å²) in [5.74, 6) is -2.96. The third kappa shape index (κ3) is 9.93. The van der Waals surface area contributed by atoms with Crippen LogP contribution in [0.1, 0.15) is 24.8 Å². The van der Waals surface area contributed by atoms with E-state index in [1.54, 1.807) is 0 Å². The number of primary amides is 1. The molecule has 4 nitrogen and oxygen atoms in total. The Morgan fingerprint density at radius 1 is 1.10 bits per heavy atom. The van der Waals surface area contributed by atoms with Crippen LogP contribution in [-0.4, -0.2) is 23.2 Å². The van der Waals surface area contributed by atoms with Gasteiger partial charge in [-0.3, -0.25) is 4.79 Å². The third-order valence-electron chi connectivity index (χ3n) is 2.22. The molecule has 0 atom stereocenters. The molecule has 3 N–H and O–H groups in total. The molecule has 0 spiro atoms. The molecule has 20 heavy (non-hydrogen) atoms. The number of carboxylic acid groups (broad SMARTS) is 1. The van der Waals surface area contributed by atoms with Gasteiger partial charge < -0.3 is 10.8 Å². The molecule has 0 radical (unpaired) electrons. The van der Waals surface area contributed by atoms with Crippen LogP contribution in [0.3, 0.4) is 0 Å². The lowest BCUT2D eigenvalue weighted by atomic mass is 10.1. The highest BCUT2D eigenvalue weighted by molar-refractivity contribution is 5.73. The van der Waals surface area contributed by atoms with Crippen LogP contribution < -0.4 is 5.73 Å². The van der Waals surface area contributed by atoms with Gasteiger partial charge in [-0.15, -0.1) is 0 Å². The fourth-order valence-electron chi connectivity index (χ4n) is 1.27. The highest BCUT2D eigenvalue weighted by Gasteiger charge is 2.38. The van der Waals surface area contributed by atoms with Gasteiger partial charge in [0.05, 0.1) is 0 Å². The molecule has 0 aromatic heterocycles. The Labute approximate surface area is 114 Å². The van der Waals surface area contributed by atoms with Crippen LogP contribution in [-0.2, 0) is 16.0 Å². The molecule has 0 unspecified atom stereocenters. The van der Waals surface area contributed by atoms with Gasteiger partial charge in [0.15, 0.2) is 0 Å². The van der Waals surface area contributed by atoms with Crippen molar-refractivity contribution in [1.29, 1.82) is 0 Å². The average Bonchev–Trinajstić information content (AvgIpc) is 2.35. The zero-order valence-corrected chi connectivity index (χ0v) is 10.7. The van der Waals surface area contributed by atoms with Crippen LogP contribution >= 0.6 is 0 Å². The number of hydrogen-bond acceptors (Lipinski definition) is 2. The second kappa shape index (κ2) is 8.95. The van der Waals surface area contributed by atoms with Gasteiger partial charge in [-0.25, -0.2) is 4.79 Å². The van der Waals surface area contributed by atoms with E-state index in [9.17, 15) is 18.0 Å². The summed E-state index contributed by atoms with van der Waals surface area (Å²) in [6.45, 7) is 0. The first-order valence-corrected chi connectivity index (χ1v) is 5.86. The Balaban J connectivity index is 0.000000441.